The Kier molecular flexibility index (Phi) is 3.39. The van der Waals surface area contributed by atoms with Crippen molar-refractivity contribution in [1.29, 1.82) is 0 Å². The topological polar surface area (TPSA) is 84.3 Å². The Bertz CT molecular complexity index is 785. The number of aryl methyl sites for hydroxylation is 1. The number of nitrogens with zero attached hydrogens (tertiary/aromatic N) is 1. The molecule has 1 aliphatic heterocycles. The Morgan fingerprint density at radius 3 is 2.76 bits per heavy atom. The van der Waals surface area contributed by atoms with E-state index < -0.39 is 11.2 Å². The molecule has 0 amide bonds. The molecule has 2 N–H and O–H groups in total. The number of hydrogen-bond donors (Lipinski definition) is 2. The van der Waals surface area contributed by atoms with Crippen molar-refractivity contribution >= 4 is 0 Å². The van der Waals surface area contributed by atoms with Crippen LogP contribution in [-0.4, -0.2) is 27.9 Å². The van der Waals surface area contributed by atoms with E-state index in [-0.39, 0.29) is 17.5 Å². The summed E-state index contributed by atoms with van der Waals surface area (Å²) in [4.78, 5) is 26.4. The Morgan fingerprint density at radius 1 is 1.33 bits per heavy atom. The molecule has 1 atom stereocenters. The minimum atomic E-state index is -0.606. The highest BCUT2D eigenvalue weighted by Gasteiger charge is 2.25. The first-order chi connectivity index (χ1) is 10.1. The van der Waals surface area contributed by atoms with Crippen LogP contribution in [0, 0.1) is 6.92 Å². The van der Waals surface area contributed by atoms with Crippen LogP contribution in [0.5, 0.6) is 5.88 Å². The van der Waals surface area contributed by atoms with Crippen molar-refractivity contribution in [3.05, 3.63) is 50.7 Å². The molecule has 1 aromatic carbocycles. The van der Waals surface area contributed by atoms with E-state index in [1.54, 1.807) is 12.1 Å². The molecule has 1 fully saturated rings. The van der Waals surface area contributed by atoms with Crippen LogP contribution in [0.2, 0.25) is 0 Å². The fourth-order valence-electron chi connectivity index (χ4n) is 2.70. The standard InChI is InChI=1S/C15H16N2O4/c1-9-4-2-3-5-11(9)12-13(18)16-15(20)17(14(12)19)10-6-7-21-8-10/h2-5,10,19H,6-8H2,1H3,(H,16,18,20). The smallest absolute Gasteiger partial charge is 0.331 e. The molecule has 21 heavy (non-hydrogen) atoms. The van der Waals surface area contributed by atoms with E-state index in [0.717, 1.165) is 5.56 Å². The van der Waals surface area contributed by atoms with Gasteiger partial charge in [0.25, 0.3) is 5.56 Å². The molecule has 0 bridgehead atoms. The Labute approximate surface area is 120 Å². The Balaban J connectivity index is 2.27. The monoisotopic (exact) mass is 288 g/mol. The summed E-state index contributed by atoms with van der Waals surface area (Å²) in [5.41, 5.74) is 0.405. The lowest BCUT2D eigenvalue weighted by molar-refractivity contribution is 0.183. The summed E-state index contributed by atoms with van der Waals surface area (Å²) in [5, 5.41) is 10.5. The molecule has 0 radical (unpaired) electrons. The average Bonchev–Trinajstić information content (AvgIpc) is 2.94. The van der Waals surface area contributed by atoms with E-state index in [2.05, 4.69) is 4.98 Å². The zero-order valence-electron chi connectivity index (χ0n) is 11.6. The summed E-state index contributed by atoms with van der Waals surface area (Å²) in [6, 6.07) is 6.99. The minimum Gasteiger partial charge on any atom is -0.494 e. The lowest BCUT2D eigenvalue weighted by Gasteiger charge is -2.16. The van der Waals surface area contributed by atoms with Crippen molar-refractivity contribution in [1.82, 2.24) is 9.55 Å². The summed E-state index contributed by atoms with van der Waals surface area (Å²) in [5.74, 6) is -0.298. The molecule has 1 saturated heterocycles. The zero-order valence-corrected chi connectivity index (χ0v) is 11.6. The molecule has 1 aromatic heterocycles. The third-order valence-electron chi connectivity index (χ3n) is 3.80. The van der Waals surface area contributed by atoms with E-state index in [9.17, 15) is 14.7 Å². The van der Waals surface area contributed by atoms with Gasteiger partial charge in [0.2, 0.25) is 5.88 Å². The van der Waals surface area contributed by atoms with Gasteiger partial charge in [0.1, 0.15) is 5.56 Å². The molecule has 110 valence electrons. The van der Waals surface area contributed by atoms with Crippen LogP contribution < -0.4 is 11.2 Å². The van der Waals surface area contributed by atoms with Gasteiger partial charge in [0, 0.05) is 6.61 Å². The van der Waals surface area contributed by atoms with Crippen molar-refractivity contribution in [2.45, 2.75) is 19.4 Å². The van der Waals surface area contributed by atoms with E-state index in [4.69, 9.17) is 4.74 Å². The van der Waals surface area contributed by atoms with Crippen LogP contribution in [0.15, 0.2) is 33.9 Å². The van der Waals surface area contributed by atoms with Crippen molar-refractivity contribution in [2.75, 3.05) is 13.2 Å². The molecule has 1 unspecified atom stereocenters. The van der Waals surface area contributed by atoms with E-state index in [0.29, 0.717) is 25.2 Å². The number of hydrogen-bond acceptors (Lipinski definition) is 4. The minimum absolute atomic E-state index is 0.125. The lowest BCUT2D eigenvalue weighted by Crippen LogP contribution is -2.33. The van der Waals surface area contributed by atoms with Crippen LogP contribution in [0.25, 0.3) is 11.1 Å². The maximum Gasteiger partial charge on any atom is 0.331 e. The summed E-state index contributed by atoms with van der Waals surface area (Å²) in [6.45, 7) is 2.74. The SMILES string of the molecule is Cc1ccccc1-c1c(O)n(C2CCOC2)c(=O)[nH]c1=O. The number of H-pyrrole nitrogens is 1. The first kappa shape index (κ1) is 13.6. The van der Waals surface area contributed by atoms with Crippen molar-refractivity contribution in [2.24, 2.45) is 0 Å². The molecular formula is C15H16N2O4. The second-order valence-corrected chi connectivity index (χ2v) is 5.16. The van der Waals surface area contributed by atoms with Gasteiger partial charge < -0.3 is 9.84 Å². The predicted octanol–water partition coefficient (Wildman–Crippen LogP) is 1.18. The lowest BCUT2D eigenvalue weighted by atomic mass is 10.0. The summed E-state index contributed by atoms with van der Waals surface area (Å²) in [6.07, 6.45) is 0.632. The van der Waals surface area contributed by atoms with Gasteiger partial charge in [0.15, 0.2) is 0 Å². The highest BCUT2D eigenvalue weighted by Crippen LogP contribution is 2.30. The van der Waals surface area contributed by atoms with Crippen LogP contribution in [0.3, 0.4) is 0 Å². The molecule has 1 aliphatic rings. The Hall–Kier alpha value is -2.34. The average molecular weight is 288 g/mol. The molecular weight excluding hydrogens is 272 g/mol. The van der Waals surface area contributed by atoms with Gasteiger partial charge in [-0.05, 0) is 24.5 Å². The quantitative estimate of drug-likeness (QED) is 0.869. The first-order valence-corrected chi connectivity index (χ1v) is 6.81. The van der Waals surface area contributed by atoms with Crippen molar-refractivity contribution in [3.63, 3.8) is 0 Å². The number of benzene rings is 1. The Morgan fingerprint density at radius 2 is 2.10 bits per heavy atom. The summed E-state index contributed by atoms with van der Waals surface area (Å²) >= 11 is 0. The second kappa shape index (κ2) is 5.21. The fraction of sp³-hybridized carbons (Fsp3) is 0.333. The largest absolute Gasteiger partial charge is 0.494 e. The molecule has 6 nitrogen and oxygen atoms in total. The van der Waals surface area contributed by atoms with Gasteiger partial charge in [-0.1, -0.05) is 24.3 Å². The molecule has 0 saturated carbocycles. The van der Waals surface area contributed by atoms with E-state index >= 15 is 0 Å². The van der Waals surface area contributed by atoms with Gasteiger partial charge in [-0.15, -0.1) is 0 Å². The van der Waals surface area contributed by atoms with Crippen LogP contribution >= 0.6 is 0 Å². The van der Waals surface area contributed by atoms with Crippen molar-refractivity contribution in [3.8, 4) is 17.0 Å². The van der Waals surface area contributed by atoms with Gasteiger partial charge in [0.05, 0.1) is 12.6 Å². The highest BCUT2D eigenvalue weighted by atomic mass is 16.5. The van der Waals surface area contributed by atoms with Crippen molar-refractivity contribution < 1.29 is 9.84 Å². The number of ether oxygens (including phenoxy) is 1. The number of rotatable bonds is 2. The summed E-state index contributed by atoms with van der Waals surface area (Å²) in [7, 11) is 0. The maximum atomic E-state index is 12.1. The third-order valence-corrected chi connectivity index (χ3v) is 3.80. The van der Waals surface area contributed by atoms with Crippen LogP contribution in [-0.2, 0) is 4.74 Å². The molecule has 0 spiro atoms. The molecule has 0 aliphatic carbocycles. The summed E-state index contributed by atoms with van der Waals surface area (Å²) < 4.78 is 6.48. The number of nitrogens with one attached hydrogen (secondary N) is 1. The number of aromatic nitrogens is 2. The number of aromatic amines is 1. The predicted molar refractivity (Wildman–Crippen MR) is 77.6 cm³/mol. The molecule has 6 heteroatoms. The molecule has 3 rings (SSSR count). The second-order valence-electron chi connectivity index (χ2n) is 5.16. The van der Waals surface area contributed by atoms with Gasteiger partial charge >= 0.3 is 5.69 Å². The van der Waals surface area contributed by atoms with Crippen LogP contribution in [0.1, 0.15) is 18.0 Å². The molecule has 2 heterocycles. The van der Waals surface area contributed by atoms with Crippen LogP contribution in [0.4, 0.5) is 0 Å². The third kappa shape index (κ3) is 2.27. The van der Waals surface area contributed by atoms with Gasteiger partial charge in [-0.25, -0.2) is 4.79 Å². The number of aromatic hydroxyl groups is 1. The highest BCUT2D eigenvalue weighted by molar-refractivity contribution is 5.70. The zero-order chi connectivity index (χ0) is 15.0. The molecule has 2 aromatic rings. The maximum absolute atomic E-state index is 12.1. The normalized spacial score (nSPS) is 18.0. The van der Waals surface area contributed by atoms with Gasteiger partial charge in [-0.2, -0.15) is 0 Å². The van der Waals surface area contributed by atoms with E-state index in [1.165, 1.54) is 4.57 Å². The first-order valence-electron chi connectivity index (χ1n) is 6.81. The van der Waals surface area contributed by atoms with Gasteiger partial charge in [-0.3, -0.25) is 14.3 Å². The van der Waals surface area contributed by atoms with E-state index in [1.807, 2.05) is 19.1 Å². The fourth-order valence-corrected chi connectivity index (χ4v) is 2.70.